The average Bonchev–Trinajstić information content (AvgIpc) is 2.73. The molecule has 0 bridgehead atoms. The van der Waals surface area contributed by atoms with Crippen LogP contribution in [-0.2, 0) is 13.2 Å². The molecule has 3 aromatic carbocycles. The van der Waals surface area contributed by atoms with Crippen LogP contribution >= 0.6 is 7.82 Å². The molecule has 0 saturated heterocycles. The molecule has 152 valence electrons. The third-order valence-corrected chi connectivity index (χ3v) is 15.1. The maximum atomic E-state index is 13.4. The molecule has 0 unspecified atom stereocenters. The Morgan fingerprint density at radius 2 is 0.759 bits per heavy atom. The number of aryl methyl sites for hydroxylation is 3. The third kappa shape index (κ3) is 8.30. The number of rotatable bonds is 9. The van der Waals surface area contributed by atoms with Crippen LogP contribution in [0.25, 0.3) is 0 Å². The standard InChI is InChI=1S/C21H21O4PTe3/c1-16-4-10-19(11-5-16)27-23-26(22,24-28-20-12-6-17(2)7-13-20)25-29-21-14-8-18(3)9-15-21/h4-15H,1-3H3. The van der Waals surface area contributed by atoms with Gasteiger partial charge in [0.1, 0.15) is 0 Å². The fourth-order valence-electron chi connectivity index (χ4n) is 2.08. The fourth-order valence-corrected chi connectivity index (χ4v) is 14.3. The average molecular weight is 751 g/mol. The van der Waals surface area contributed by atoms with E-state index in [-0.39, 0.29) is 0 Å². The summed E-state index contributed by atoms with van der Waals surface area (Å²) < 4.78 is 34.1. The molecule has 3 rings (SSSR count). The number of hydrogen-bond acceptors (Lipinski definition) is 4. The molecule has 0 aliphatic rings. The van der Waals surface area contributed by atoms with E-state index >= 15 is 0 Å². The van der Waals surface area contributed by atoms with Gasteiger partial charge in [-0.1, -0.05) is 0 Å². The molecule has 29 heavy (non-hydrogen) atoms. The zero-order chi connectivity index (χ0) is 20.7. The normalized spacial score (nSPS) is 11.6. The van der Waals surface area contributed by atoms with E-state index in [1.54, 1.807) is 0 Å². The van der Waals surface area contributed by atoms with E-state index in [1.165, 1.54) is 16.7 Å². The Hall–Kier alpha value is 0.139. The summed E-state index contributed by atoms with van der Waals surface area (Å²) in [5.41, 5.74) is 3.57. The van der Waals surface area contributed by atoms with Crippen LogP contribution in [0.4, 0.5) is 0 Å². The summed E-state index contributed by atoms with van der Waals surface area (Å²) in [6.07, 6.45) is 0. The van der Waals surface area contributed by atoms with Crippen LogP contribution in [0.3, 0.4) is 0 Å². The molecule has 0 atom stereocenters. The third-order valence-electron chi connectivity index (χ3n) is 3.74. The van der Waals surface area contributed by atoms with Gasteiger partial charge in [-0.25, -0.2) is 0 Å². The number of benzene rings is 3. The quantitative estimate of drug-likeness (QED) is 0.250. The monoisotopic (exact) mass is 758 g/mol. The van der Waals surface area contributed by atoms with Gasteiger partial charge in [-0.2, -0.15) is 0 Å². The van der Waals surface area contributed by atoms with Crippen LogP contribution in [-0.4, -0.2) is 64.0 Å². The van der Waals surface area contributed by atoms with E-state index in [0.717, 1.165) is 10.8 Å². The van der Waals surface area contributed by atoms with Gasteiger partial charge in [0.15, 0.2) is 0 Å². The van der Waals surface area contributed by atoms with Gasteiger partial charge in [0, 0.05) is 0 Å². The van der Waals surface area contributed by atoms with Crippen molar-refractivity contribution < 1.29 is 13.2 Å². The number of phosphoric acid groups is 1. The van der Waals surface area contributed by atoms with Crippen molar-refractivity contribution in [3.63, 3.8) is 0 Å². The Bertz CT molecular complexity index is 834. The minimum absolute atomic E-state index is 1.07. The maximum absolute atomic E-state index is 13.4. The molecule has 0 aromatic heterocycles. The SMILES string of the molecule is Cc1ccc([Te]OP(=O)(O[Te]c2ccc(C)cc2)O[Te]c2ccc(C)cc2)cc1. The Morgan fingerprint density at radius 1 is 0.517 bits per heavy atom. The molecule has 0 N–H and O–H groups in total. The molecular weight excluding hydrogens is 730 g/mol. The summed E-state index contributed by atoms with van der Waals surface area (Å²) in [6.45, 7) is 6.13. The van der Waals surface area contributed by atoms with Crippen LogP contribution < -0.4 is 10.8 Å². The van der Waals surface area contributed by atoms with Gasteiger partial charge in [-0.05, 0) is 0 Å². The van der Waals surface area contributed by atoms with Crippen molar-refractivity contribution in [2.75, 3.05) is 0 Å². The van der Waals surface area contributed by atoms with Crippen LogP contribution in [0.2, 0.25) is 0 Å². The molecule has 3 aromatic rings. The first kappa shape index (κ1) is 23.8. The summed E-state index contributed by atoms with van der Waals surface area (Å²) in [7, 11) is -3.58. The summed E-state index contributed by atoms with van der Waals surface area (Å²) >= 11 is -3.38. The van der Waals surface area contributed by atoms with Crippen molar-refractivity contribution in [3.8, 4) is 0 Å². The molecule has 0 aliphatic carbocycles. The summed E-state index contributed by atoms with van der Waals surface area (Å²) in [6, 6.07) is 24.4. The topological polar surface area (TPSA) is 44.8 Å². The second-order valence-electron chi connectivity index (χ2n) is 6.36. The van der Waals surface area contributed by atoms with Crippen LogP contribution in [0.5, 0.6) is 0 Å². The Morgan fingerprint density at radius 3 is 1.00 bits per heavy atom. The first-order valence-corrected chi connectivity index (χ1v) is 16.6. The predicted octanol–water partition coefficient (Wildman–Crippen LogP) is 2.90. The van der Waals surface area contributed by atoms with Crippen molar-refractivity contribution in [1.29, 1.82) is 0 Å². The van der Waals surface area contributed by atoms with E-state index in [4.69, 9.17) is 8.66 Å². The van der Waals surface area contributed by atoms with Gasteiger partial charge in [-0.3, -0.25) is 0 Å². The molecule has 0 heterocycles. The van der Waals surface area contributed by atoms with Gasteiger partial charge in [0.2, 0.25) is 0 Å². The molecule has 0 saturated carbocycles. The molecule has 0 spiro atoms. The van der Waals surface area contributed by atoms with Gasteiger partial charge >= 0.3 is 206 Å². The Balaban J connectivity index is 1.67. The summed E-state index contributed by atoms with van der Waals surface area (Å²) in [5, 5.41) is 0. The Labute approximate surface area is 204 Å². The van der Waals surface area contributed by atoms with Crippen molar-refractivity contribution in [2.45, 2.75) is 20.8 Å². The first-order chi connectivity index (χ1) is 13.9. The predicted molar refractivity (Wildman–Crippen MR) is 121 cm³/mol. The molecule has 0 aliphatic heterocycles. The van der Waals surface area contributed by atoms with E-state index in [9.17, 15) is 4.57 Å². The van der Waals surface area contributed by atoms with Gasteiger partial charge in [0.05, 0.1) is 0 Å². The van der Waals surface area contributed by atoms with Crippen molar-refractivity contribution in [1.82, 2.24) is 0 Å². The summed E-state index contributed by atoms with van der Waals surface area (Å²) in [4.78, 5) is 0. The minimum atomic E-state index is -3.58. The molecule has 8 heteroatoms. The van der Waals surface area contributed by atoms with Gasteiger partial charge in [-0.15, -0.1) is 0 Å². The van der Waals surface area contributed by atoms with E-state index < -0.39 is 71.8 Å². The molecule has 0 radical (unpaired) electrons. The second-order valence-corrected chi connectivity index (χ2v) is 17.0. The second kappa shape index (κ2) is 11.7. The van der Waals surface area contributed by atoms with Gasteiger partial charge in [0.25, 0.3) is 0 Å². The fraction of sp³-hybridized carbons (Fsp3) is 0.143. The van der Waals surface area contributed by atoms with E-state index in [2.05, 4.69) is 0 Å². The van der Waals surface area contributed by atoms with Gasteiger partial charge < -0.3 is 0 Å². The van der Waals surface area contributed by atoms with Crippen molar-refractivity contribution in [3.05, 3.63) is 89.5 Å². The van der Waals surface area contributed by atoms with Crippen LogP contribution in [0.15, 0.2) is 72.8 Å². The van der Waals surface area contributed by atoms with Crippen LogP contribution in [0, 0.1) is 20.8 Å². The molecule has 0 amide bonds. The zero-order valence-corrected chi connectivity index (χ0v) is 24.1. The van der Waals surface area contributed by atoms with E-state index in [1.807, 2.05) is 93.6 Å². The Kier molecular flexibility index (Phi) is 9.58. The first-order valence-electron chi connectivity index (χ1n) is 8.81. The van der Waals surface area contributed by atoms with Crippen LogP contribution in [0.1, 0.15) is 16.7 Å². The van der Waals surface area contributed by atoms with Crippen molar-refractivity contribution >= 4 is 82.7 Å². The zero-order valence-electron chi connectivity index (χ0n) is 16.2. The summed E-state index contributed by atoms with van der Waals surface area (Å²) in [5.74, 6) is 0. The molecular formula is C21H21O4PTe3. The molecule has 0 fully saturated rings. The van der Waals surface area contributed by atoms with Crippen molar-refractivity contribution in [2.24, 2.45) is 0 Å². The number of hydrogen-bond donors (Lipinski definition) is 0. The molecule has 4 nitrogen and oxygen atoms in total. The van der Waals surface area contributed by atoms with E-state index in [0.29, 0.717) is 0 Å².